The molecule has 10 heteroatoms. The maximum absolute atomic E-state index is 13.3. The van der Waals surface area contributed by atoms with Crippen molar-refractivity contribution in [1.82, 2.24) is 20.1 Å². The standard InChI is InChI=1S/C23H29Cl2N5O3/c1-3-4-9-17(28-23(26)33)21(31)27-18-13-30(11-10-14-7-5-6-8-15(14)18)22(32)19-12-16(24)20(25)29(19)2/h5-8,12,17-18H,3-4,9-11,13H2,1-2H3,(H,27,31)(H3,26,28,33). The van der Waals surface area contributed by atoms with E-state index in [2.05, 4.69) is 10.6 Å². The smallest absolute Gasteiger partial charge is 0.312 e. The van der Waals surface area contributed by atoms with E-state index in [1.807, 2.05) is 31.2 Å². The monoisotopic (exact) mass is 493 g/mol. The Morgan fingerprint density at radius 1 is 1.24 bits per heavy atom. The summed E-state index contributed by atoms with van der Waals surface area (Å²) < 4.78 is 1.55. The number of carbonyl (C=O) groups is 3. The molecular formula is C23H29Cl2N5O3. The van der Waals surface area contributed by atoms with Gasteiger partial charge in [-0.25, -0.2) is 4.79 Å². The summed E-state index contributed by atoms with van der Waals surface area (Å²) in [6.07, 6.45) is 2.75. The Bertz CT molecular complexity index is 1040. The summed E-state index contributed by atoms with van der Waals surface area (Å²) in [5.41, 5.74) is 7.65. The van der Waals surface area contributed by atoms with E-state index < -0.39 is 18.1 Å². The zero-order chi connectivity index (χ0) is 24.1. The first kappa shape index (κ1) is 24.9. The van der Waals surface area contributed by atoms with Crippen molar-refractivity contribution in [3.8, 4) is 0 Å². The third kappa shape index (κ3) is 5.81. The van der Waals surface area contributed by atoms with Gasteiger partial charge in [0, 0.05) is 20.1 Å². The molecule has 0 spiro atoms. The van der Waals surface area contributed by atoms with Crippen LogP contribution in [0.1, 0.15) is 53.8 Å². The van der Waals surface area contributed by atoms with E-state index in [0.717, 1.165) is 24.0 Å². The highest BCUT2D eigenvalue weighted by molar-refractivity contribution is 6.41. The number of carbonyl (C=O) groups excluding carboxylic acids is 3. The fourth-order valence-corrected chi connectivity index (χ4v) is 4.48. The number of urea groups is 1. The largest absolute Gasteiger partial charge is 0.352 e. The lowest BCUT2D eigenvalue weighted by molar-refractivity contribution is -0.124. The molecule has 0 radical (unpaired) electrons. The van der Waals surface area contributed by atoms with Crippen LogP contribution in [0.4, 0.5) is 4.79 Å². The van der Waals surface area contributed by atoms with E-state index in [1.165, 1.54) is 0 Å². The van der Waals surface area contributed by atoms with E-state index in [1.54, 1.807) is 22.6 Å². The molecule has 0 bridgehead atoms. The van der Waals surface area contributed by atoms with Gasteiger partial charge in [0.15, 0.2) is 0 Å². The van der Waals surface area contributed by atoms with Gasteiger partial charge >= 0.3 is 6.03 Å². The summed E-state index contributed by atoms with van der Waals surface area (Å²) in [4.78, 5) is 39.6. The topological polar surface area (TPSA) is 109 Å². The molecule has 2 aromatic rings. The average Bonchev–Trinajstić information content (AvgIpc) is 2.95. The molecule has 2 heterocycles. The molecule has 8 nitrogen and oxygen atoms in total. The molecule has 1 aromatic carbocycles. The van der Waals surface area contributed by atoms with Gasteiger partial charge < -0.3 is 25.8 Å². The zero-order valence-electron chi connectivity index (χ0n) is 18.7. The summed E-state index contributed by atoms with van der Waals surface area (Å²) in [7, 11) is 1.68. The number of unbranched alkanes of at least 4 members (excludes halogenated alkanes) is 1. The van der Waals surface area contributed by atoms with Gasteiger partial charge in [0.1, 0.15) is 16.9 Å². The molecule has 1 aromatic heterocycles. The van der Waals surface area contributed by atoms with Gasteiger partial charge in [-0.2, -0.15) is 0 Å². The maximum Gasteiger partial charge on any atom is 0.312 e. The van der Waals surface area contributed by atoms with E-state index in [9.17, 15) is 14.4 Å². The first-order valence-electron chi connectivity index (χ1n) is 11.0. The number of primary amides is 1. The summed E-state index contributed by atoms with van der Waals surface area (Å²) in [5.74, 6) is -0.558. The van der Waals surface area contributed by atoms with Crippen molar-refractivity contribution >= 4 is 41.0 Å². The molecule has 4 N–H and O–H groups in total. The third-order valence-corrected chi connectivity index (χ3v) is 6.75. The van der Waals surface area contributed by atoms with E-state index >= 15 is 0 Å². The van der Waals surface area contributed by atoms with Crippen LogP contribution in [0.3, 0.4) is 0 Å². The number of hydrogen-bond donors (Lipinski definition) is 3. The number of nitrogens with one attached hydrogen (secondary N) is 2. The molecule has 0 saturated carbocycles. The Labute approximate surface area is 203 Å². The SMILES string of the molecule is CCCCC(NC(N)=O)C(=O)NC1CN(C(=O)c2cc(Cl)c(Cl)n2C)CCc2ccccc21. The first-order chi connectivity index (χ1) is 15.7. The van der Waals surface area contributed by atoms with Crippen molar-refractivity contribution < 1.29 is 14.4 Å². The number of benzene rings is 1. The predicted molar refractivity (Wildman–Crippen MR) is 128 cm³/mol. The van der Waals surface area contributed by atoms with Gasteiger partial charge in [-0.05, 0) is 30.0 Å². The number of aromatic nitrogens is 1. The fourth-order valence-electron chi connectivity index (χ4n) is 4.11. The van der Waals surface area contributed by atoms with Crippen molar-refractivity contribution in [2.75, 3.05) is 13.1 Å². The minimum atomic E-state index is -0.748. The number of nitrogens with two attached hydrogens (primary N) is 1. The molecule has 1 aliphatic rings. The molecule has 0 saturated heterocycles. The molecule has 1 aliphatic heterocycles. The number of rotatable bonds is 7. The van der Waals surface area contributed by atoms with E-state index in [-0.39, 0.29) is 18.4 Å². The summed E-state index contributed by atoms with van der Waals surface area (Å²) in [5, 5.41) is 6.17. The van der Waals surface area contributed by atoms with Crippen molar-refractivity contribution in [2.45, 2.75) is 44.7 Å². The van der Waals surface area contributed by atoms with Crippen molar-refractivity contribution in [1.29, 1.82) is 0 Å². The number of fused-ring (bicyclic) bond motifs is 1. The van der Waals surface area contributed by atoms with Gasteiger partial charge in [-0.15, -0.1) is 0 Å². The molecule has 4 amide bonds. The summed E-state index contributed by atoms with van der Waals surface area (Å²) in [6.45, 7) is 2.74. The summed E-state index contributed by atoms with van der Waals surface area (Å²) >= 11 is 12.3. The third-order valence-electron chi connectivity index (χ3n) is 5.90. The minimum Gasteiger partial charge on any atom is -0.352 e. The minimum absolute atomic E-state index is 0.226. The van der Waals surface area contributed by atoms with Gasteiger partial charge in [0.2, 0.25) is 5.91 Å². The van der Waals surface area contributed by atoms with Crippen LogP contribution in [0.25, 0.3) is 0 Å². The van der Waals surface area contributed by atoms with Crippen molar-refractivity contribution in [3.05, 3.63) is 57.3 Å². The first-order valence-corrected chi connectivity index (χ1v) is 11.7. The van der Waals surface area contributed by atoms with Crippen LogP contribution in [-0.2, 0) is 18.3 Å². The highest BCUT2D eigenvalue weighted by Gasteiger charge is 2.31. The lowest BCUT2D eigenvalue weighted by atomic mass is 9.99. The molecule has 0 aliphatic carbocycles. The van der Waals surface area contributed by atoms with Gasteiger partial charge in [-0.3, -0.25) is 9.59 Å². The molecule has 33 heavy (non-hydrogen) atoms. The van der Waals surface area contributed by atoms with Gasteiger partial charge in [0.05, 0.1) is 11.1 Å². The van der Waals surface area contributed by atoms with Crippen LogP contribution in [0.2, 0.25) is 10.2 Å². The Hall–Kier alpha value is -2.71. The number of nitrogens with zero attached hydrogens (tertiary/aromatic N) is 2. The Morgan fingerprint density at radius 2 is 1.97 bits per heavy atom. The van der Waals surface area contributed by atoms with E-state index in [4.69, 9.17) is 28.9 Å². The molecule has 2 unspecified atom stereocenters. The van der Waals surface area contributed by atoms with Gasteiger partial charge in [0.25, 0.3) is 5.91 Å². The van der Waals surface area contributed by atoms with E-state index in [0.29, 0.717) is 35.3 Å². The normalized spacial score (nSPS) is 16.5. The maximum atomic E-state index is 13.3. The Kier molecular flexibility index (Phi) is 8.26. The van der Waals surface area contributed by atoms with Crippen LogP contribution in [0.5, 0.6) is 0 Å². The summed E-state index contributed by atoms with van der Waals surface area (Å²) in [6, 6.07) is 7.39. The van der Waals surface area contributed by atoms with Crippen molar-refractivity contribution in [2.24, 2.45) is 12.8 Å². The molecule has 2 atom stereocenters. The number of hydrogen-bond acceptors (Lipinski definition) is 3. The molecule has 3 rings (SSSR count). The van der Waals surface area contributed by atoms with Crippen LogP contribution in [0, 0.1) is 0 Å². The lowest BCUT2D eigenvalue weighted by Gasteiger charge is -2.28. The number of amides is 4. The highest BCUT2D eigenvalue weighted by atomic mass is 35.5. The zero-order valence-corrected chi connectivity index (χ0v) is 20.2. The fraction of sp³-hybridized carbons (Fsp3) is 0.435. The molecule has 0 fully saturated rings. The van der Waals surface area contributed by atoms with Crippen LogP contribution >= 0.6 is 23.2 Å². The quantitative estimate of drug-likeness (QED) is 0.549. The molecular weight excluding hydrogens is 465 g/mol. The second-order valence-corrected chi connectivity index (χ2v) is 8.96. The number of halogens is 2. The second-order valence-electron chi connectivity index (χ2n) is 8.19. The highest BCUT2D eigenvalue weighted by Crippen LogP contribution is 2.28. The van der Waals surface area contributed by atoms with Crippen molar-refractivity contribution in [3.63, 3.8) is 0 Å². The van der Waals surface area contributed by atoms with Gasteiger partial charge in [-0.1, -0.05) is 67.2 Å². The Morgan fingerprint density at radius 3 is 2.61 bits per heavy atom. The van der Waals surface area contributed by atoms with Crippen LogP contribution in [-0.4, -0.2) is 46.4 Å². The van der Waals surface area contributed by atoms with Crippen LogP contribution in [0.15, 0.2) is 30.3 Å². The Balaban J connectivity index is 1.87. The predicted octanol–water partition coefficient (Wildman–Crippen LogP) is 3.41. The average molecular weight is 494 g/mol. The van der Waals surface area contributed by atoms with Crippen LogP contribution < -0.4 is 16.4 Å². The lowest BCUT2D eigenvalue weighted by Crippen LogP contribution is -2.50. The molecule has 178 valence electrons. The second kappa shape index (κ2) is 10.9.